The molecular weight excluding hydrogens is 350 g/mol. The summed E-state index contributed by atoms with van der Waals surface area (Å²) in [6, 6.07) is 14.0. The monoisotopic (exact) mass is 367 g/mol. The topological polar surface area (TPSA) is 100 Å². The summed E-state index contributed by atoms with van der Waals surface area (Å²) < 4.78 is 13.3. The number of para-hydroxylation sites is 1. The third-order valence-corrected chi connectivity index (χ3v) is 3.96. The molecule has 3 aromatic rings. The molecule has 2 heterocycles. The molecule has 0 aliphatic carbocycles. The number of nitrogens with zero attached hydrogens (tertiary/aromatic N) is 4. The van der Waals surface area contributed by atoms with Crippen molar-refractivity contribution >= 4 is 11.6 Å². The number of amides is 1. The Bertz CT molecular complexity index is 1010. The number of hydrogen-bond acceptors (Lipinski definition) is 6. The molecule has 9 heteroatoms. The van der Waals surface area contributed by atoms with Crippen LogP contribution in [0, 0.1) is 0 Å². The van der Waals surface area contributed by atoms with Crippen LogP contribution in [-0.4, -0.2) is 38.9 Å². The van der Waals surface area contributed by atoms with Gasteiger partial charge in [0.2, 0.25) is 5.91 Å². The SMILES string of the molecule is O=C(Cn1nnn(-c2ccccc2)c1=O)Nc1ccc2c(c1)OCCCO2. The van der Waals surface area contributed by atoms with E-state index in [4.69, 9.17) is 9.47 Å². The van der Waals surface area contributed by atoms with E-state index in [2.05, 4.69) is 15.7 Å². The maximum Gasteiger partial charge on any atom is 0.368 e. The second-order valence-corrected chi connectivity index (χ2v) is 5.93. The van der Waals surface area contributed by atoms with Crippen LogP contribution < -0.4 is 20.5 Å². The van der Waals surface area contributed by atoms with Crippen molar-refractivity contribution in [3.05, 3.63) is 59.0 Å². The van der Waals surface area contributed by atoms with E-state index in [0.29, 0.717) is 36.1 Å². The van der Waals surface area contributed by atoms with Crippen molar-refractivity contribution in [2.24, 2.45) is 0 Å². The molecule has 0 spiro atoms. The van der Waals surface area contributed by atoms with Crippen LogP contribution in [-0.2, 0) is 11.3 Å². The van der Waals surface area contributed by atoms with Gasteiger partial charge in [-0.3, -0.25) is 4.79 Å². The van der Waals surface area contributed by atoms with E-state index in [9.17, 15) is 9.59 Å². The average Bonchev–Trinajstić information content (AvgIpc) is 2.89. The fourth-order valence-corrected chi connectivity index (χ4v) is 2.68. The number of tetrazole rings is 1. The molecule has 27 heavy (non-hydrogen) atoms. The van der Waals surface area contributed by atoms with Crippen molar-refractivity contribution in [2.45, 2.75) is 13.0 Å². The van der Waals surface area contributed by atoms with Crippen LogP contribution in [0.4, 0.5) is 5.69 Å². The Morgan fingerprint density at radius 1 is 1.04 bits per heavy atom. The summed E-state index contributed by atoms with van der Waals surface area (Å²) in [7, 11) is 0. The number of ether oxygens (including phenoxy) is 2. The molecule has 0 saturated heterocycles. The van der Waals surface area contributed by atoms with Gasteiger partial charge in [0, 0.05) is 18.2 Å². The molecule has 9 nitrogen and oxygen atoms in total. The average molecular weight is 367 g/mol. The van der Waals surface area contributed by atoms with Crippen molar-refractivity contribution < 1.29 is 14.3 Å². The van der Waals surface area contributed by atoms with Gasteiger partial charge in [0.15, 0.2) is 11.5 Å². The Hall–Kier alpha value is -3.62. The summed E-state index contributed by atoms with van der Waals surface area (Å²) in [5, 5.41) is 10.3. The molecule has 1 aromatic heterocycles. The van der Waals surface area contributed by atoms with Crippen LogP contribution in [0.1, 0.15) is 6.42 Å². The van der Waals surface area contributed by atoms with Crippen LogP contribution in [0.2, 0.25) is 0 Å². The number of aromatic nitrogens is 4. The Kier molecular flexibility index (Phi) is 4.56. The molecule has 2 aromatic carbocycles. The van der Waals surface area contributed by atoms with Gasteiger partial charge in [-0.1, -0.05) is 18.2 Å². The van der Waals surface area contributed by atoms with E-state index < -0.39 is 11.6 Å². The molecule has 1 aliphatic rings. The minimum absolute atomic E-state index is 0.250. The molecule has 1 amide bonds. The standard InChI is InChI=1S/C18H17N5O4/c24-17(19-13-7-8-15-16(11-13)27-10-4-9-26-15)12-22-18(25)23(21-20-22)14-5-2-1-3-6-14/h1-3,5-8,11H,4,9-10,12H2,(H,19,24). The van der Waals surface area contributed by atoms with Crippen molar-refractivity contribution in [1.82, 2.24) is 19.8 Å². The van der Waals surface area contributed by atoms with Crippen LogP contribution in [0.5, 0.6) is 11.5 Å². The molecule has 0 fully saturated rings. The highest BCUT2D eigenvalue weighted by molar-refractivity contribution is 5.90. The molecular formula is C18H17N5O4. The summed E-state index contributed by atoms with van der Waals surface area (Å²) in [5.74, 6) is 0.830. The number of carbonyl (C=O) groups is 1. The van der Waals surface area contributed by atoms with Crippen molar-refractivity contribution in [3.8, 4) is 17.2 Å². The van der Waals surface area contributed by atoms with Gasteiger partial charge in [0.05, 0.1) is 18.9 Å². The first-order valence-electron chi connectivity index (χ1n) is 8.48. The van der Waals surface area contributed by atoms with Gasteiger partial charge in [0.25, 0.3) is 0 Å². The van der Waals surface area contributed by atoms with Gasteiger partial charge in [-0.2, -0.15) is 9.36 Å². The maximum absolute atomic E-state index is 12.4. The molecule has 0 radical (unpaired) electrons. The molecule has 0 bridgehead atoms. The Morgan fingerprint density at radius 2 is 1.81 bits per heavy atom. The number of anilines is 1. The quantitative estimate of drug-likeness (QED) is 0.744. The predicted octanol–water partition coefficient (Wildman–Crippen LogP) is 1.23. The van der Waals surface area contributed by atoms with Gasteiger partial charge in [-0.25, -0.2) is 4.79 Å². The Labute approximate surface area is 154 Å². The molecule has 4 rings (SSSR count). The molecule has 0 unspecified atom stereocenters. The zero-order valence-corrected chi connectivity index (χ0v) is 14.4. The number of rotatable bonds is 4. The highest BCUT2D eigenvalue weighted by Crippen LogP contribution is 2.32. The van der Waals surface area contributed by atoms with Crippen molar-refractivity contribution in [2.75, 3.05) is 18.5 Å². The smallest absolute Gasteiger partial charge is 0.368 e. The molecule has 0 atom stereocenters. The lowest BCUT2D eigenvalue weighted by molar-refractivity contribution is -0.117. The van der Waals surface area contributed by atoms with E-state index in [1.54, 1.807) is 42.5 Å². The normalized spacial score (nSPS) is 13.0. The summed E-state index contributed by atoms with van der Waals surface area (Å²) in [6.07, 6.45) is 0.802. The Morgan fingerprint density at radius 3 is 2.63 bits per heavy atom. The highest BCUT2D eigenvalue weighted by atomic mass is 16.5. The number of hydrogen-bond donors (Lipinski definition) is 1. The lowest BCUT2D eigenvalue weighted by Crippen LogP contribution is -2.29. The van der Waals surface area contributed by atoms with Gasteiger partial charge in [0.1, 0.15) is 6.54 Å². The first-order chi connectivity index (χ1) is 13.2. The minimum Gasteiger partial charge on any atom is -0.490 e. The number of benzene rings is 2. The fraction of sp³-hybridized carbons (Fsp3) is 0.222. The second-order valence-electron chi connectivity index (χ2n) is 5.93. The summed E-state index contributed by atoms with van der Waals surface area (Å²) in [4.78, 5) is 24.7. The van der Waals surface area contributed by atoms with Crippen LogP contribution in [0.15, 0.2) is 53.3 Å². The fourth-order valence-electron chi connectivity index (χ4n) is 2.68. The summed E-state index contributed by atoms with van der Waals surface area (Å²) in [6.45, 7) is 0.904. The molecule has 1 aliphatic heterocycles. The third kappa shape index (κ3) is 3.66. The Balaban J connectivity index is 1.47. The third-order valence-electron chi connectivity index (χ3n) is 3.96. The molecule has 138 valence electrons. The first-order valence-corrected chi connectivity index (χ1v) is 8.48. The van der Waals surface area contributed by atoms with E-state index in [1.165, 1.54) is 0 Å². The number of nitrogens with one attached hydrogen (secondary N) is 1. The van der Waals surface area contributed by atoms with E-state index in [-0.39, 0.29) is 6.54 Å². The summed E-state index contributed by atoms with van der Waals surface area (Å²) in [5.41, 5.74) is 0.639. The van der Waals surface area contributed by atoms with Crippen LogP contribution in [0.3, 0.4) is 0 Å². The molecule has 1 N–H and O–H groups in total. The van der Waals surface area contributed by atoms with E-state index in [1.807, 2.05) is 6.07 Å². The lowest BCUT2D eigenvalue weighted by Gasteiger charge is -2.10. The highest BCUT2D eigenvalue weighted by Gasteiger charge is 2.14. The van der Waals surface area contributed by atoms with Gasteiger partial charge < -0.3 is 14.8 Å². The predicted molar refractivity (Wildman–Crippen MR) is 96.3 cm³/mol. The lowest BCUT2D eigenvalue weighted by atomic mass is 10.2. The van der Waals surface area contributed by atoms with Crippen molar-refractivity contribution in [3.63, 3.8) is 0 Å². The van der Waals surface area contributed by atoms with E-state index in [0.717, 1.165) is 15.8 Å². The van der Waals surface area contributed by atoms with Crippen molar-refractivity contribution in [1.29, 1.82) is 0 Å². The van der Waals surface area contributed by atoms with Gasteiger partial charge >= 0.3 is 5.69 Å². The van der Waals surface area contributed by atoms with Gasteiger partial charge in [-0.05, 0) is 34.7 Å². The minimum atomic E-state index is -0.491. The molecule has 0 saturated carbocycles. The second kappa shape index (κ2) is 7.32. The zero-order valence-electron chi connectivity index (χ0n) is 14.4. The van der Waals surface area contributed by atoms with E-state index >= 15 is 0 Å². The summed E-state index contributed by atoms with van der Waals surface area (Å²) >= 11 is 0. The zero-order chi connectivity index (χ0) is 18.6. The number of carbonyl (C=O) groups excluding carboxylic acids is 1. The maximum atomic E-state index is 12.4. The van der Waals surface area contributed by atoms with Crippen LogP contribution >= 0.6 is 0 Å². The number of fused-ring (bicyclic) bond motifs is 1. The van der Waals surface area contributed by atoms with Gasteiger partial charge in [-0.15, -0.1) is 0 Å². The largest absolute Gasteiger partial charge is 0.490 e. The van der Waals surface area contributed by atoms with Crippen LogP contribution in [0.25, 0.3) is 5.69 Å². The first kappa shape index (κ1) is 16.8.